The van der Waals surface area contributed by atoms with Crippen molar-refractivity contribution in [2.24, 2.45) is 0 Å². The van der Waals surface area contributed by atoms with Crippen LogP contribution in [0.4, 0.5) is 5.69 Å². The Morgan fingerprint density at radius 1 is 0.810 bits per heavy atom. The van der Waals surface area contributed by atoms with E-state index < -0.39 is 10.7 Å². The van der Waals surface area contributed by atoms with Crippen molar-refractivity contribution in [1.29, 1.82) is 0 Å². The fourth-order valence-electron chi connectivity index (χ4n) is 3.02. The summed E-state index contributed by atoms with van der Waals surface area (Å²) in [7, 11) is 0. The molecule has 2 N–H and O–H groups in total. The van der Waals surface area contributed by atoms with Crippen molar-refractivity contribution in [1.82, 2.24) is 0 Å². The summed E-state index contributed by atoms with van der Waals surface area (Å²) in [5.74, 6) is -0.770. The molecule has 0 unspecified atom stereocenters. The number of phenolic OH excluding ortho intramolecular Hbond substituents is 2. The predicted molar refractivity (Wildman–Crippen MR) is 80.1 cm³/mol. The van der Waals surface area contributed by atoms with Crippen molar-refractivity contribution < 1.29 is 15.1 Å². The van der Waals surface area contributed by atoms with Crippen LogP contribution < -0.4 is 0 Å². The molecule has 0 aliphatic rings. The molecule has 5 heteroatoms. The van der Waals surface area contributed by atoms with Gasteiger partial charge in [-0.25, -0.2) is 0 Å². The van der Waals surface area contributed by atoms with E-state index in [4.69, 9.17) is 0 Å². The maximum Gasteiger partial charge on any atom is 0.281 e. The number of nitro groups is 1. The SMILES string of the molecule is O=[N+]([O-])c1ccc2ccc3cccc4c(O)c(O)c1c2c34. The van der Waals surface area contributed by atoms with Crippen molar-refractivity contribution in [3.05, 3.63) is 52.6 Å². The zero-order valence-corrected chi connectivity index (χ0v) is 10.7. The van der Waals surface area contributed by atoms with Gasteiger partial charge in [0.2, 0.25) is 0 Å². The number of benzene rings is 4. The average molecular weight is 279 g/mol. The molecule has 0 radical (unpaired) electrons. The minimum atomic E-state index is -0.551. The van der Waals surface area contributed by atoms with Crippen LogP contribution in [0.2, 0.25) is 0 Å². The summed E-state index contributed by atoms with van der Waals surface area (Å²) < 4.78 is 0. The van der Waals surface area contributed by atoms with Crippen molar-refractivity contribution in [2.45, 2.75) is 0 Å². The first kappa shape index (κ1) is 11.7. The Bertz CT molecular complexity index is 1040. The maximum absolute atomic E-state index is 11.2. The van der Waals surface area contributed by atoms with E-state index in [0.717, 1.165) is 16.2 Å². The van der Waals surface area contributed by atoms with Gasteiger partial charge in [0.15, 0.2) is 11.5 Å². The van der Waals surface area contributed by atoms with Crippen LogP contribution in [0, 0.1) is 10.1 Å². The molecule has 5 nitrogen and oxygen atoms in total. The fourth-order valence-corrected chi connectivity index (χ4v) is 3.02. The molecular weight excluding hydrogens is 270 g/mol. The summed E-state index contributed by atoms with van der Waals surface area (Å²) in [6.45, 7) is 0. The number of nitro benzene ring substituents is 1. The first-order valence-corrected chi connectivity index (χ1v) is 6.35. The van der Waals surface area contributed by atoms with Gasteiger partial charge in [-0.2, -0.15) is 0 Å². The Balaban J connectivity index is 2.46. The maximum atomic E-state index is 11.2. The lowest BCUT2D eigenvalue weighted by atomic mass is 9.92. The molecule has 102 valence electrons. The summed E-state index contributed by atoms with van der Waals surface area (Å²) in [5, 5.41) is 35.2. The standard InChI is InChI=1S/C16H9NO4/c18-15-10-3-1-2-8-4-5-9-6-7-11(17(20)21)14(16(15)19)13(9)12(8)10/h1-7,18-19H. The van der Waals surface area contributed by atoms with E-state index in [0.29, 0.717) is 10.8 Å². The first-order chi connectivity index (χ1) is 10.1. The number of phenols is 2. The molecule has 0 atom stereocenters. The van der Waals surface area contributed by atoms with Gasteiger partial charge < -0.3 is 10.2 Å². The number of non-ortho nitro benzene ring substituents is 1. The van der Waals surface area contributed by atoms with Crippen LogP contribution in [0.1, 0.15) is 0 Å². The second-order valence-electron chi connectivity index (χ2n) is 4.98. The van der Waals surface area contributed by atoms with Gasteiger partial charge in [0, 0.05) is 22.2 Å². The van der Waals surface area contributed by atoms with Crippen molar-refractivity contribution in [3.63, 3.8) is 0 Å². The van der Waals surface area contributed by atoms with Gasteiger partial charge in [-0.15, -0.1) is 0 Å². The Labute approximate surface area is 118 Å². The summed E-state index contributed by atoms with van der Waals surface area (Å²) in [4.78, 5) is 10.7. The van der Waals surface area contributed by atoms with Gasteiger partial charge in [0.05, 0.1) is 4.92 Å². The number of rotatable bonds is 1. The van der Waals surface area contributed by atoms with Crippen LogP contribution in [-0.2, 0) is 0 Å². The van der Waals surface area contributed by atoms with Gasteiger partial charge >= 0.3 is 0 Å². The Kier molecular flexibility index (Phi) is 2.08. The minimum Gasteiger partial charge on any atom is -0.504 e. The van der Waals surface area contributed by atoms with E-state index in [9.17, 15) is 20.3 Å². The van der Waals surface area contributed by atoms with Crippen LogP contribution in [0.3, 0.4) is 0 Å². The predicted octanol–water partition coefficient (Wildman–Crippen LogP) is 3.90. The topological polar surface area (TPSA) is 83.6 Å². The highest BCUT2D eigenvalue weighted by atomic mass is 16.6. The normalized spacial score (nSPS) is 11.6. The second kappa shape index (κ2) is 3.73. The third kappa shape index (κ3) is 1.34. The molecule has 0 bridgehead atoms. The van der Waals surface area contributed by atoms with Crippen LogP contribution in [-0.4, -0.2) is 15.1 Å². The highest BCUT2D eigenvalue weighted by molar-refractivity contribution is 6.28. The molecule has 21 heavy (non-hydrogen) atoms. The molecule has 0 spiro atoms. The minimum absolute atomic E-state index is 0.0827. The molecule has 4 rings (SSSR count). The lowest BCUT2D eigenvalue weighted by Gasteiger charge is -2.13. The molecule has 0 saturated carbocycles. The summed E-state index contributed by atoms with van der Waals surface area (Å²) in [5.41, 5.74) is -0.214. The smallest absolute Gasteiger partial charge is 0.281 e. The second-order valence-corrected chi connectivity index (χ2v) is 4.98. The van der Waals surface area contributed by atoms with Crippen molar-refractivity contribution in [2.75, 3.05) is 0 Å². The number of aromatic hydroxyl groups is 2. The molecule has 0 aliphatic carbocycles. The van der Waals surface area contributed by atoms with E-state index in [1.54, 1.807) is 18.2 Å². The first-order valence-electron chi connectivity index (χ1n) is 6.35. The van der Waals surface area contributed by atoms with E-state index in [-0.39, 0.29) is 16.8 Å². The average Bonchev–Trinajstić information content (AvgIpc) is 2.50. The summed E-state index contributed by atoms with van der Waals surface area (Å²) in [6, 6.07) is 12.1. The Hall–Kier alpha value is -3.08. The van der Waals surface area contributed by atoms with Gasteiger partial charge in [0.1, 0.15) is 5.39 Å². The highest BCUT2D eigenvalue weighted by Crippen LogP contribution is 2.48. The molecule has 4 aromatic carbocycles. The number of nitrogens with zero attached hydrogens (tertiary/aromatic N) is 1. The summed E-state index contributed by atoms with van der Waals surface area (Å²) >= 11 is 0. The largest absolute Gasteiger partial charge is 0.504 e. The third-order valence-electron chi connectivity index (χ3n) is 3.92. The molecule has 0 amide bonds. The van der Waals surface area contributed by atoms with Crippen molar-refractivity contribution in [3.8, 4) is 11.5 Å². The number of hydrogen-bond acceptors (Lipinski definition) is 4. The molecule has 0 fully saturated rings. The Morgan fingerprint density at radius 2 is 1.48 bits per heavy atom. The van der Waals surface area contributed by atoms with E-state index >= 15 is 0 Å². The molecule has 4 aromatic rings. The van der Waals surface area contributed by atoms with Gasteiger partial charge in [-0.1, -0.05) is 30.3 Å². The summed E-state index contributed by atoms with van der Waals surface area (Å²) in [6.07, 6.45) is 0. The van der Waals surface area contributed by atoms with E-state index in [2.05, 4.69) is 0 Å². The van der Waals surface area contributed by atoms with E-state index in [1.807, 2.05) is 18.2 Å². The molecule has 0 heterocycles. The Morgan fingerprint density at radius 3 is 2.19 bits per heavy atom. The monoisotopic (exact) mass is 279 g/mol. The lowest BCUT2D eigenvalue weighted by molar-refractivity contribution is -0.383. The van der Waals surface area contributed by atoms with E-state index in [1.165, 1.54) is 6.07 Å². The molecule has 0 saturated heterocycles. The van der Waals surface area contributed by atoms with Gasteiger partial charge in [0.25, 0.3) is 5.69 Å². The number of hydrogen-bond donors (Lipinski definition) is 2. The highest BCUT2D eigenvalue weighted by Gasteiger charge is 2.23. The zero-order chi connectivity index (χ0) is 14.7. The molecular formula is C16H9NO4. The van der Waals surface area contributed by atoms with Gasteiger partial charge in [-0.3, -0.25) is 10.1 Å². The van der Waals surface area contributed by atoms with Crippen molar-refractivity contribution >= 4 is 38.0 Å². The van der Waals surface area contributed by atoms with Crippen LogP contribution in [0.15, 0.2) is 42.5 Å². The third-order valence-corrected chi connectivity index (χ3v) is 3.92. The quantitative estimate of drug-likeness (QED) is 0.239. The zero-order valence-electron chi connectivity index (χ0n) is 10.7. The van der Waals surface area contributed by atoms with Crippen LogP contribution in [0.25, 0.3) is 32.3 Å². The fraction of sp³-hybridized carbons (Fsp3) is 0. The van der Waals surface area contributed by atoms with Gasteiger partial charge in [-0.05, 0) is 16.8 Å². The van der Waals surface area contributed by atoms with Crippen LogP contribution in [0.5, 0.6) is 11.5 Å². The molecule has 0 aliphatic heterocycles. The molecule has 0 aromatic heterocycles. The lowest BCUT2D eigenvalue weighted by Crippen LogP contribution is -1.92. The van der Waals surface area contributed by atoms with Crippen LogP contribution >= 0.6 is 0 Å².